The van der Waals surface area contributed by atoms with Gasteiger partial charge in [-0.2, -0.15) is 0 Å². The van der Waals surface area contributed by atoms with E-state index in [0.29, 0.717) is 0 Å². The van der Waals surface area contributed by atoms with Gasteiger partial charge in [0.05, 0.1) is 10.4 Å². The van der Waals surface area contributed by atoms with Crippen LogP contribution in [0.4, 0.5) is 5.00 Å². The van der Waals surface area contributed by atoms with Crippen LogP contribution in [0.25, 0.3) is 0 Å². The maximum Gasteiger partial charge on any atom is 0.407 e. The molecule has 0 radical (unpaired) electrons. The van der Waals surface area contributed by atoms with E-state index in [-0.39, 0.29) is 5.91 Å². The lowest BCUT2D eigenvalue weighted by molar-refractivity contribution is -0.135. The van der Waals surface area contributed by atoms with Gasteiger partial charge in [-0.3, -0.25) is 4.79 Å². The van der Waals surface area contributed by atoms with Gasteiger partial charge in [0, 0.05) is 18.0 Å². The van der Waals surface area contributed by atoms with Crippen molar-refractivity contribution in [1.82, 2.24) is 4.90 Å². The standard InChI is InChI=1S/C13H21BN2O2S/c1-13(2,12(17)16-8-4-5-9-16)10-6-7-11(19-10)15-14(3)18/h6-7,15,18H,4-5,8-9H2,1-3H3. The lowest BCUT2D eigenvalue weighted by Crippen LogP contribution is -2.41. The van der Waals surface area contributed by atoms with Crippen LogP contribution >= 0.6 is 11.3 Å². The van der Waals surface area contributed by atoms with Crippen LogP contribution in [0.3, 0.4) is 0 Å². The fourth-order valence-electron chi connectivity index (χ4n) is 2.38. The van der Waals surface area contributed by atoms with E-state index >= 15 is 0 Å². The highest BCUT2D eigenvalue weighted by Gasteiger charge is 2.36. The number of carbonyl (C=O) groups excluding carboxylic acids is 1. The molecule has 2 N–H and O–H groups in total. The van der Waals surface area contributed by atoms with Crippen molar-refractivity contribution in [1.29, 1.82) is 0 Å². The Morgan fingerprint density at radius 3 is 2.63 bits per heavy atom. The maximum atomic E-state index is 12.6. The molecule has 0 atom stereocenters. The molecule has 2 rings (SSSR count). The van der Waals surface area contributed by atoms with E-state index in [1.807, 2.05) is 30.9 Å². The summed E-state index contributed by atoms with van der Waals surface area (Å²) in [6.45, 7) is 7.40. The second kappa shape index (κ2) is 5.55. The molecule has 6 heteroatoms. The molecular formula is C13H21BN2O2S. The summed E-state index contributed by atoms with van der Waals surface area (Å²) in [5.74, 6) is 0.204. The Bertz CT molecular complexity index is 453. The number of amides is 1. The van der Waals surface area contributed by atoms with Crippen molar-refractivity contribution in [3.8, 4) is 0 Å². The maximum absolute atomic E-state index is 12.6. The molecule has 0 aromatic carbocycles. The summed E-state index contributed by atoms with van der Waals surface area (Å²) in [6.07, 6.45) is 2.22. The molecule has 19 heavy (non-hydrogen) atoms. The molecule has 0 aliphatic carbocycles. The van der Waals surface area contributed by atoms with E-state index < -0.39 is 12.5 Å². The molecule has 1 amide bonds. The summed E-state index contributed by atoms with van der Waals surface area (Å²) in [5.41, 5.74) is -0.492. The van der Waals surface area contributed by atoms with Gasteiger partial charge in [-0.15, -0.1) is 11.3 Å². The Kier molecular flexibility index (Phi) is 4.21. The van der Waals surface area contributed by atoms with Crippen LogP contribution in [-0.4, -0.2) is 36.0 Å². The van der Waals surface area contributed by atoms with Gasteiger partial charge in [0.1, 0.15) is 0 Å². The molecule has 1 aliphatic rings. The molecule has 0 saturated carbocycles. The Labute approximate surface area is 118 Å². The van der Waals surface area contributed by atoms with E-state index in [1.165, 1.54) is 11.3 Å². The second-order valence-corrected chi connectivity index (χ2v) is 6.69. The minimum atomic E-state index is -0.580. The predicted molar refractivity (Wildman–Crippen MR) is 80.6 cm³/mol. The molecule has 1 aromatic heterocycles. The highest BCUT2D eigenvalue weighted by Crippen LogP contribution is 2.35. The summed E-state index contributed by atoms with van der Waals surface area (Å²) < 4.78 is 0. The Balaban J connectivity index is 2.13. The van der Waals surface area contributed by atoms with Crippen LogP contribution < -0.4 is 5.23 Å². The van der Waals surface area contributed by atoms with Crippen LogP contribution in [0.2, 0.25) is 6.82 Å². The number of hydrogen-bond acceptors (Lipinski definition) is 4. The lowest BCUT2D eigenvalue weighted by atomic mass is 9.89. The van der Waals surface area contributed by atoms with Crippen LogP contribution in [0, 0.1) is 0 Å². The van der Waals surface area contributed by atoms with Crippen LogP contribution in [0.5, 0.6) is 0 Å². The van der Waals surface area contributed by atoms with Crippen molar-refractivity contribution < 1.29 is 9.82 Å². The van der Waals surface area contributed by atoms with Crippen LogP contribution in [0.15, 0.2) is 12.1 Å². The number of nitrogens with one attached hydrogen (secondary N) is 1. The van der Waals surface area contributed by atoms with Gasteiger partial charge in [-0.1, -0.05) is 0 Å². The van der Waals surface area contributed by atoms with Gasteiger partial charge < -0.3 is 15.2 Å². The highest BCUT2D eigenvalue weighted by atomic mass is 32.1. The number of thiophene rings is 1. The SMILES string of the molecule is CB(O)Nc1ccc(C(C)(C)C(=O)N2CCCC2)s1. The number of hydrogen-bond donors (Lipinski definition) is 2. The third-order valence-electron chi connectivity index (χ3n) is 3.50. The third kappa shape index (κ3) is 3.12. The molecule has 1 aromatic rings. The van der Waals surface area contributed by atoms with Gasteiger partial charge in [0.2, 0.25) is 5.91 Å². The molecule has 1 saturated heterocycles. The first kappa shape index (κ1) is 14.4. The van der Waals surface area contributed by atoms with Crippen molar-refractivity contribution in [2.75, 3.05) is 18.3 Å². The molecule has 0 bridgehead atoms. The first-order valence-electron chi connectivity index (χ1n) is 6.75. The van der Waals surface area contributed by atoms with Gasteiger partial charge in [0.25, 0.3) is 0 Å². The molecule has 0 spiro atoms. The second-order valence-electron chi connectivity index (χ2n) is 5.61. The Hall–Kier alpha value is -1.01. The minimum Gasteiger partial charge on any atom is -0.433 e. The zero-order valence-electron chi connectivity index (χ0n) is 11.8. The Morgan fingerprint density at radius 1 is 1.42 bits per heavy atom. The van der Waals surface area contributed by atoms with E-state index in [9.17, 15) is 9.82 Å². The molecule has 2 heterocycles. The quantitative estimate of drug-likeness (QED) is 0.831. The van der Waals surface area contributed by atoms with E-state index in [2.05, 4.69) is 5.23 Å². The molecule has 0 unspecified atom stereocenters. The van der Waals surface area contributed by atoms with E-state index in [4.69, 9.17) is 0 Å². The summed E-state index contributed by atoms with van der Waals surface area (Å²) in [6, 6.07) is 3.90. The molecule has 104 valence electrons. The zero-order valence-corrected chi connectivity index (χ0v) is 12.6. The monoisotopic (exact) mass is 280 g/mol. The fourth-order valence-corrected chi connectivity index (χ4v) is 3.46. The minimum absolute atomic E-state index is 0.204. The summed E-state index contributed by atoms with van der Waals surface area (Å²) in [7, 11) is -0.580. The largest absolute Gasteiger partial charge is 0.433 e. The van der Waals surface area contributed by atoms with Crippen LogP contribution in [-0.2, 0) is 10.2 Å². The number of anilines is 1. The number of carbonyl (C=O) groups is 1. The van der Waals surface area contributed by atoms with Gasteiger partial charge >= 0.3 is 7.05 Å². The average Bonchev–Trinajstić information content (AvgIpc) is 2.96. The average molecular weight is 280 g/mol. The number of rotatable bonds is 4. The molecule has 4 nitrogen and oxygen atoms in total. The zero-order chi connectivity index (χ0) is 14.0. The van der Waals surface area contributed by atoms with Crippen molar-refractivity contribution in [2.24, 2.45) is 0 Å². The summed E-state index contributed by atoms with van der Waals surface area (Å²) >= 11 is 1.54. The summed E-state index contributed by atoms with van der Waals surface area (Å²) in [4.78, 5) is 15.6. The van der Waals surface area contributed by atoms with Gasteiger partial charge in [-0.25, -0.2) is 0 Å². The smallest absolute Gasteiger partial charge is 0.407 e. The van der Waals surface area contributed by atoms with Crippen molar-refractivity contribution in [3.63, 3.8) is 0 Å². The predicted octanol–water partition coefficient (Wildman–Crippen LogP) is 2.17. The van der Waals surface area contributed by atoms with Gasteiger partial charge in [0.15, 0.2) is 0 Å². The third-order valence-corrected chi connectivity index (χ3v) is 4.84. The highest BCUT2D eigenvalue weighted by molar-refractivity contribution is 7.16. The first-order valence-corrected chi connectivity index (χ1v) is 7.57. The molecular weight excluding hydrogens is 259 g/mol. The van der Waals surface area contributed by atoms with E-state index in [1.54, 1.807) is 6.82 Å². The fraction of sp³-hybridized carbons (Fsp3) is 0.615. The first-order chi connectivity index (χ1) is 8.91. The summed E-state index contributed by atoms with van der Waals surface area (Å²) in [5, 5.41) is 13.2. The van der Waals surface area contributed by atoms with Gasteiger partial charge in [-0.05, 0) is 45.6 Å². The van der Waals surface area contributed by atoms with Crippen LogP contribution in [0.1, 0.15) is 31.6 Å². The number of likely N-dealkylation sites (tertiary alicyclic amines) is 1. The van der Waals surface area contributed by atoms with Crippen molar-refractivity contribution >= 4 is 29.3 Å². The Morgan fingerprint density at radius 2 is 2.05 bits per heavy atom. The van der Waals surface area contributed by atoms with Crippen molar-refractivity contribution in [3.05, 3.63) is 17.0 Å². The lowest BCUT2D eigenvalue weighted by Gasteiger charge is -2.28. The molecule has 1 aliphatic heterocycles. The number of nitrogens with zero attached hydrogens (tertiary/aromatic N) is 1. The normalized spacial score (nSPS) is 15.7. The molecule has 1 fully saturated rings. The topological polar surface area (TPSA) is 52.6 Å². The van der Waals surface area contributed by atoms with E-state index in [0.717, 1.165) is 35.8 Å². The van der Waals surface area contributed by atoms with Crippen molar-refractivity contribution in [2.45, 2.75) is 38.9 Å².